The number of nitrogens with one attached hydrogen (secondary N) is 1. The standard InChI is InChI=1S/C4H7NO3.Ag/c1-3(4(7)8)5-2-6;/h2-3H,1H3,(H,5,6)(H,7,8);/q;+1/p-1/t3-;/m0./s1. The van der Waals surface area contributed by atoms with Crippen LogP contribution in [0, 0.1) is 0 Å². The fourth-order valence-electron chi connectivity index (χ4n) is 0.170. The summed E-state index contributed by atoms with van der Waals surface area (Å²) in [6.07, 6.45) is 0.320. The predicted molar refractivity (Wildman–Crippen MR) is 23.7 cm³/mol. The SMILES string of the molecule is C[C@H](NC=O)C(=O)[O-].[Ag+]. The van der Waals surface area contributed by atoms with Crippen LogP contribution in [0.5, 0.6) is 0 Å². The third kappa shape index (κ3) is 5.55. The first-order valence-electron chi connectivity index (χ1n) is 2.09. The Kier molecular flexibility index (Phi) is 7.41. The minimum Gasteiger partial charge on any atom is -0.548 e. The van der Waals surface area contributed by atoms with Crippen molar-refractivity contribution in [3.63, 3.8) is 0 Å². The Balaban J connectivity index is 0. The molecule has 0 unspecified atom stereocenters. The van der Waals surface area contributed by atoms with Crippen LogP contribution in [-0.2, 0) is 32.0 Å². The number of aliphatic carboxylic acids is 1. The van der Waals surface area contributed by atoms with Crippen molar-refractivity contribution in [1.29, 1.82) is 0 Å². The molecule has 1 N–H and O–H groups in total. The van der Waals surface area contributed by atoms with E-state index < -0.39 is 12.0 Å². The van der Waals surface area contributed by atoms with Crippen molar-refractivity contribution in [1.82, 2.24) is 5.32 Å². The molecule has 9 heavy (non-hydrogen) atoms. The molecule has 0 aliphatic rings. The van der Waals surface area contributed by atoms with Gasteiger partial charge in [-0.15, -0.1) is 0 Å². The Morgan fingerprint density at radius 3 is 2.33 bits per heavy atom. The minimum absolute atomic E-state index is 0. The molecule has 0 aromatic rings. The van der Waals surface area contributed by atoms with Gasteiger partial charge >= 0.3 is 22.4 Å². The average molecular weight is 224 g/mol. The van der Waals surface area contributed by atoms with E-state index in [4.69, 9.17) is 0 Å². The maximum absolute atomic E-state index is 9.76. The van der Waals surface area contributed by atoms with Crippen LogP contribution in [0.15, 0.2) is 0 Å². The summed E-state index contributed by atoms with van der Waals surface area (Å²) >= 11 is 0. The normalized spacial score (nSPS) is 10.8. The molecule has 0 saturated carbocycles. The monoisotopic (exact) mass is 223 g/mol. The Hall–Kier alpha value is -0.320. The summed E-state index contributed by atoms with van der Waals surface area (Å²) in [7, 11) is 0. The van der Waals surface area contributed by atoms with Crippen LogP contribution in [-0.4, -0.2) is 18.4 Å². The summed E-state index contributed by atoms with van der Waals surface area (Å²) < 4.78 is 0. The predicted octanol–water partition coefficient (Wildman–Crippen LogP) is -2.13. The van der Waals surface area contributed by atoms with E-state index in [1.54, 1.807) is 0 Å². The van der Waals surface area contributed by atoms with Gasteiger partial charge < -0.3 is 15.2 Å². The molecule has 0 saturated heterocycles. The summed E-state index contributed by atoms with van der Waals surface area (Å²) in [5, 5.41) is 11.8. The zero-order valence-electron chi connectivity index (χ0n) is 4.68. The zero-order valence-corrected chi connectivity index (χ0v) is 6.16. The van der Waals surface area contributed by atoms with E-state index in [0.717, 1.165) is 0 Å². The van der Waals surface area contributed by atoms with E-state index in [1.165, 1.54) is 6.92 Å². The van der Waals surface area contributed by atoms with Gasteiger partial charge in [-0.3, -0.25) is 4.79 Å². The number of rotatable bonds is 3. The molecule has 0 radical (unpaired) electrons. The van der Waals surface area contributed by atoms with Crippen molar-refractivity contribution in [2.24, 2.45) is 0 Å². The molecule has 0 aliphatic carbocycles. The number of hydrogen-bond acceptors (Lipinski definition) is 3. The van der Waals surface area contributed by atoms with Crippen molar-refractivity contribution in [2.75, 3.05) is 0 Å². The van der Waals surface area contributed by atoms with Gasteiger partial charge in [-0.1, -0.05) is 0 Å². The van der Waals surface area contributed by atoms with E-state index in [9.17, 15) is 14.7 Å². The smallest absolute Gasteiger partial charge is 0.548 e. The third-order valence-electron chi connectivity index (χ3n) is 0.672. The molecule has 4 nitrogen and oxygen atoms in total. The van der Waals surface area contributed by atoms with E-state index >= 15 is 0 Å². The van der Waals surface area contributed by atoms with Crippen molar-refractivity contribution < 1.29 is 37.1 Å². The molecular weight excluding hydrogens is 218 g/mol. The molecule has 0 aliphatic heterocycles. The van der Waals surface area contributed by atoms with Crippen LogP contribution in [0.3, 0.4) is 0 Å². The van der Waals surface area contributed by atoms with Gasteiger partial charge in [-0.25, -0.2) is 0 Å². The van der Waals surface area contributed by atoms with Gasteiger partial charge in [0.15, 0.2) is 0 Å². The van der Waals surface area contributed by atoms with Crippen molar-refractivity contribution >= 4 is 12.4 Å². The Morgan fingerprint density at radius 1 is 1.78 bits per heavy atom. The van der Waals surface area contributed by atoms with Gasteiger partial charge in [0.25, 0.3) is 0 Å². The molecule has 5 heteroatoms. The van der Waals surface area contributed by atoms with Gasteiger partial charge in [0.1, 0.15) is 0 Å². The quantitative estimate of drug-likeness (QED) is 0.439. The first kappa shape index (κ1) is 11.5. The molecule has 0 fully saturated rings. The molecule has 0 aromatic heterocycles. The zero-order chi connectivity index (χ0) is 6.57. The third-order valence-corrected chi connectivity index (χ3v) is 0.672. The molecule has 0 spiro atoms. The molecular formula is C4H6AgNO3. The first-order valence-corrected chi connectivity index (χ1v) is 2.09. The van der Waals surface area contributed by atoms with Gasteiger partial charge in [-0.05, 0) is 6.92 Å². The number of carbonyl (C=O) groups excluding carboxylic acids is 2. The first-order chi connectivity index (χ1) is 3.68. The number of amides is 1. The Bertz CT molecular complexity index is 106. The summed E-state index contributed by atoms with van der Waals surface area (Å²) in [5.74, 6) is -1.28. The maximum atomic E-state index is 9.76. The minimum atomic E-state index is -1.28. The second kappa shape index (κ2) is 5.81. The molecule has 0 bridgehead atoms. The maximum Gasteiger partial charge on any atom is 1.00 e. The van der Waals surface area contributed by atoms with Crippen LogP contribution in [0.1, 0.15) is 6.92 Å². The summed E-state index contributed by atoms with van der Waals surface area (Å²) in [6, 6.07) is -0.896. The second-order valence-electron chi connectivity index (χ2n) is 1.33. The Morgan fingerprint density at radius 2 is 2.22 bits per heavy atom. The Labute approximate surface area is 68.1 Å². The van der Waals surface area contributed by atoms with Crippen molar-refractivity contribution in [2.45, 2.75) is 13.0 Å². The topological polar surface area (TPSA) is 69.2 Å². The van der Waals surface area contributed by atoms with Crippen LogP contribution >= 0.6 is 0 Å². The van der Waals surface area contributed by atoms with Gasteiger partial charge in [0.2, 0.25) is 6.41 Å². The largest absolute Gasteiger partial charge is 1.00 e. The second-order valence-corrected chi connectivity index (χ2v) is 1.33. The molecule has 1 amide bonds. The van der Waals surface area contributed by atoms with E-state index in [2.05, 4.69) is 0 Å². The van der Waals surface area contributed by atoms with Crippen LogP contribution in [0.2, 0.25) is 0 Å². The fraction of sp³-hybridized carbons (Fsp3) is 0.500. The van der Waals surface area contributed by atoms with E-state index in [-0.39, 0.29) is 22.4 Å². The number of carboxylic acid groups (broad SMARTS) is 1. The van der Waals surface area contributed by atoms with Gasteiger partial charge in [-0.2, -0.15) is 0 Å². The summed E-state index contributed by atoms with van der Waals surface area (Å²) in [6.45, 7) is 1.32. The molecule has 0 rings (SSSR count). The summed E-state index contributed by atoms with van der Waals surface area (Å²) in [5.41, 5.74) is 0. The molecule has 0 heterocycles. The molecule has 56 valence electrons. The average Bonchev–Trinajstić information content (AvgIpc) is 1.67. The van der Waals surface area contributed by atoms with Crippen LogP contribution in [0.25, 0.3) is 0 Å². The summed E-state index contributed by atoms with van der Waals surface area (Å²) in [4.78, 5) is 19.3. The van der Waals surface area contributed by atoms with Crippen molar-refractivity contribution in [3.8, 4) is 0 Å². The molecule has 0 aromatic carbocycles. The van der Waals surface area contributed by atoms with Gasteiger partial charge in [0.05, 0.1) is 12.0 Å². The number of carbonyl (C=O) groups is 2. The van der Waals surface area contributed by atoms with Crippen LogP contribution in [0.4, 0.5) is 0 Å². The van der Waals surface area contributed by atoms with Crippen molar-refractivity contribution in [3.05, 3.63) is 0 Å². The van der Waals surface area contributed by atoms with E-state index in [0.29, 0.717) is 6.41 Å². The molecule has 1 atom stereocenters. The fourth-order valence-corrected chi connectivity index (χ4v) is 0.170. The van der Waals surface area contributed by atoms with E-state index in [1.807, 2.05) is 5.32 Å². The van der Waals surface area contributed by atoms with Crippen LogP contribution < -0.4 is 10.4 Å². The number of carboxylic acids is 1. The van der Waals surface area contributed by atoms with Gasteiger partial charge in [0, 0.05) is 0 Å². The number of hydrogen-bond donors (Lipinski definition) is 1.